The van der Waals surface area contributed by atoms with Crippen LogP contribution >= 0.6 is 0 Å². The number of ether oxygens (including phenoxy) is 1. The summed E-state index contributed by atoms with van der Waals surface area (Å²) in [6.07, 6.45) is 1.79. The first-order valence-corrected chi connectivity index (χ1v) is 8.84. The molecule has 0 unspecified atom stereocenters. The Morgan fingerprint density at radius 3 is 2.40 bits per heavy atom. The highest BCUT2D eigenvalue weighted by atomic mass is 16.6. The number of carbonyl (C=O) groups excluding carboxylic acids is 2. The predicted molar refractivity (Wildman–Crippen MR) is 91.9 cm³/mol. The van der Waals surface area contributed by atoms with Crippen LogP contribution in [0.3, 0.4) is 0 Å². The Morgan fingerprint density at radius 1 is 1.00 bits per heavy atom. The summed E-state index contributed by atoms with van der Waals surface area (Å²) in [6, 6.07) is 19.2. The first kappa shape index (κ1) is 14.7. The highest BCUT2D eigenvalue weighted by Gasteiger charge is 2.72. The van der Waals surface area contributed by atoms with Crippen molar-refractivity contribution in [3.63, 3.8) is 0 Å². The van der Waals surface area contributed by atoms with Crippen LogP contribution in [0.15, 0.2) is 60.7 Å². The van der Waals surface area contributed by atoms with Crippen molar-refractivity contribution in [2.24, 2.45) is 11.8 Å². The maximum absolute atomic E-state index is 12.9. The topological polar surface area (TPSA) is 55.4 Å². The largest absolute Gasteiger partial charge is 0.460 e. The van der Waals surface area contributed by atoms with Gasteiger partial charge in [-0.3, -0.25) is 4.79 Å². The highest BCUT2D eigenvalue weighted by molar-refractivity contribution is 6.00. The number of benzene rings is 2. The summed E-state index contributed by atoms with van der Waals surface area (Å²) in [5, 5.41) is 3.12. The molecular formula is C21H19NO3. The second-order valence-corrected chi connectivity index (χ2v) is 7.36. The number of carbonyl (C=O) groups is 2. The molecular weight excluding hydrogens is 314 g/mol. The first-order valence-electron chi connectivity index (χ1n) is 8.84. The minimum Gasteiger partial charge on any atom is -0.460 e. The molecule has 1 heterocycles. The quantitative estimate of drug-likeness (QED) is 0.879. The average Bonchev–Trinajstić information content (AvgIpc) is 3.23. The van der Waals surface area contributed by atoms with Gasteiger partial charge in [-0.25, -0.2) is 4.79 Å². The Balaban J connectivity index is 1.58. The summed E-state index contributed by atoms with van der Waals surface area (Å²) in [4.78, 5) is 25.8. The SMILES string of the molecule is O=C(N[C@@]12C(=O)O[C@@H]3C[C@@H](C[C@@H]31)[C@@H]2c1ccccc1)c1ccccc1. The van der Waals surface area contributed by atoms with Gasteiger partial charge in [0.2, 0.25) is 0 Å². The average molecular weight is 333 g/mol. The molecule has 3 fully saturated rings. The lowest BCUT2D eigenvalue weighted by atomic mass is 9.70. The van der Waals surface area contributed by atoms with Gasteiger partial charge < -0.3 is 10.1 Å². The summed E-state index contributed by atoms with van der Waals surface area (Å²) in [5.41, 5.74) is 0.755. The molecule has 126 valence electrons. The molecule has 0 aromatic heterocycles. The van der Waals surface area contributed by atoms with E-state index in [4.69, 9.17) is 4.74 Å². The molecule has 2 aromatic rings. The minimum atomic E-state index is -0.929. The first-order chi connectivity index (χ1) is 12.2. The Bertz CT molecular complexity index is 835. The second-order valence-electron chi connectivity index (χ2n) is 7.36. The zero-order valence-electron chi connectivity index (χ0n) is 13.7. The van der Waals surface area contributed by atoms with Gasteiger partial charge in [0.1, 0.15) is 6.10 Å². The molecule has 4 nitrogen and oxygen atoms in total. The number of rotatable bonds is 3. The van der Waals surface area contributed by atoms with Gasteiger partial charge >= 0.3 is 5.97 Å². The minimum absolute atomic E-state index is 0.0161. The van der Waals surface area contributed by atoms with Gasteiger partial charge in [0.25, 0.3) is 5.91 Å². The van der Waals surface area contributed by atoms with Crippen LogP contribution in [-0.4, -0.2) is 23.5 Å². The molecule has 2 aromatic carbocycles. The number of amides is 1. The molecule has 5 rings (SSSR count). The Kier molecular flexibility index (Phi) is 3.05. The molecule has 4 heteroatoms. The predicted octanol–water partition coefficient (Wildman–Crippen LogP) is 2.90. The number of esters is 1. The summed E-state index contributed by atoms with van der Waals surface area (Å²) < 4.78 is 5.68. The van der Waals surface area contributed by atoms with E-state index >= 15 is 0 Å². The smallest absolute Gasteiger partial charge is 0.333 e. The monoisotopic (exact) mass is 333 g/mol. The summed E-state index contributed by atoms with van der Waals surface area (Å²) in [5.74, 6) is -0.0345. The van der Waals surface area contributed by atoms with Crippen LogP contribution in [0.25, 0.3) is 0 Å². The Hall–Kier alpha value is -2.62. The zero-order valence-corrected chi connectivity index (χ0v) is 13.7. The number of nitrogens with one attached hydrogen (secondary N) is 1. The van der Waals surface area contributed by atoms with Crippen LogP contribution < -0.4 is 5.32 Å². The lowest BCUT2D eigenvalue weighted by Crippen LogP contribution is -2.59. The van der Waals surface area contributed by atoms with E-state index in [1.54, 1.807) is 12.1 Å². The molecule has 2 aliphatic carbocycles. The van der Waals surface area contributed by atoms with E-state index in [0.29, 0.717) is 11.5 Å². The fourth-order valence-electron chi connectivity index (χ4n) is 5.30. The van der Waals surface area contributed by atoms with Crippen molar-refractivity contribution in [1.82, 2.24) is 5.32 Å². The van der Waals surface area contributed by atoms with Crippen molar-refractivity contribution in [2.45, 2.75) is 30.4 Å². The van der Waals surface area contributed by atoms with Gasteiger partial charge in [0, 0.05) is 17.4 Å². The van der Waals surface area contributed by atoms with Crippen LogP contribution in [0.5, 0.6) is 0 Å². The number of hydrogen-bond acceptors (Lipinski definition) is 3. The lowest BCUT2D eigenvalue weighted by Gasteiger charge is -2.37. The van der Waals surface area contributed by atoms with Crippen LogP contribution in [0.2, 0.25) is 0 Å². The molecule has 1 N–H and O–H groups in total. The highest BCUT2D eigenvalue weighted by Crippen LogP contribution is 2.63. The Morgan fingerprint density at radius 2 is 1.68 bits per heavy atom. The van der Waals surface area contributed by atoms with E-state index in [-0.39, 0.29) is 29.8 Å². The third-order valence-corrected chi connectivity index (χ3v) is 6.20. The molecule has 0 spiro atoms. The molecule has 1 amide bonds. The van der Waals surface area contributed by atoms with Gasteiger partial charge in [-0.2, -0.15) is 0 Å². The molecule has 0 radical (unpaired) electrons. The summed E-state index contributed by atoms with van der Waals surface area (Å²) in [6.45, 7) is 0. The third kappa shape index (κ3) is 1.94. The molecule has 3 aliphatic rings. The molecule has 5 atom stereocenters. The van der Waals surface area contributed by atoms with E-state index in [2.05, 4.69) is 17.4 Å². The third-order valence-electron chi connectivity index (χ3n) is 6.20. The summed E-state index contributed by atoms with van der Waals surface area (Å²) >= 11 is 0. The van der Waals surface area contributed by atoms with Gasteiger partial charge in [0.05, 0.1) is 0 Å². The van der Waals surface area contributed by atoms with Crippen molar-refractivity contribution in [2.75, 3.05) is 0 Å². The molecule has 2 bridgehead atoms. The van der Waals surface area contributed by atoms with Crippen molar-refractivity contribution >= 4 is 11.9 Å². The number of hydrogen-bond donors (Lipinski definition) is 1. The van der Waals surface area contributed by atoms with Crippen LogP contribution in [-0.2, 0) is 9.53 Å². The fraction of sp³-hybridized carbons (Fsp3) is 0.333. The van der Waals surface area contributed by atoms with Crippen molar-refractivity contribution < 1.29 is 14.3 Å². The number of fused-ring (bicyclic) bond motifs is 1. The molecule has 25 heavy (non-hydrogen) atoms. The second kappa shape index (κ2) is 5.19. The standard InChI is InChI=1S/C21H19NO3/c23-19(14-9-5-2-6-10-14)22-21-16-11-15(12-17(16)25-20(21)24)18(21)13-7-3-1-4-8-13/h1-10,15-18H,11-12H2,(H,22,23)/t15-,16+,17-,18+,21+/m1/s1. The van der Waals surface area contributed by atoms with Crippen LogP contribution in [0.4, 0.5) is 0 Å². The van der Waals surface area contributed by atoms with Gasteiger partial charge in [-0.1, -0.05) is 48.5 Å². The Labute approximate surface area is 146 Å². The fourth-order valence-corrected chi connectivity index (χ4v) is 5.30. The lowest BCUT2D eigenvalue weighted by molar-refractivity contribution is -0.145. The molecule has 2 saturated carbocycles. The van der Waals surface area contributed by atoms with Crippen LogP contribution in [0, 0.1) is 11.8 Å². The molecule has 1 saturated heterocycles. The van der Waals surface area contributed by atoms with E-state index in [9.17, 15) is 9.59 Å². The van der Waals surface area contributed by atoms with E-state index in [1.807, 2.05) is 36.4 Å². The van der Waals surface area contributed by atoms with Crippen LogP contribution in [0.1, 0.15) is 34.7 Å². The maximum atomic E-state index is 12.9. The van der Waals surface area contributed by atoms with Crippen molar-refractivity contribution in [3.8, 4) is 0 Å². The normalized spacial score (nSPS) is 34.8. The maximum Gasteiger partial charge on any atom is 0.333 e. The molecule has 1 aliphatic heterocycles. The van der Waals surface area contributed by atoms with Gasteiger partial charge in [-0.05, 0) is 36.5 Å². The van der Waals surface area contributed by atoms with E-state index < -0.39 is 5.54 Å². The summed E-state index contributed by atoms with van der Waals surface area (Å²) in [7, 11) is 0. The van der Waals surface area contributed by atoms with Crippen molar-refractivity contribution in [1.29, 1.82) is 0 Å². The van der Waals surface area contributed by atoms with E-state index in [0.717, 1.165) is 18.4 Å². The van der Waals surface area contributed by atoms with E-state index in [1.165, 1.54) is 0 Å². The van der Waals surface area contributed by atoms with Gasteiger partial charge in [-0.15, -0.1) is 0 Å². The van der Waals surface area contributed by atoms with Gasteiger partial charge in [0.15, 0.2) is 5.54 Å². The zero-order chi connectivity index (χ0) is 17.0. The van der Waals surface area contributed by atoms with Crippen molar-refractivity contribution in [3.05, 3.63) is 71.8 Å².